The molecule has 0 radical (unpaired) electrons. The van der Waals surface area contributed by atoms with Crippen molar-refractivity contribution in [2.24, 2.45) is 11.5 Å². The summed E-state index contributed by atoms with van der Waals surface area (Å²) in [5.74, 6) is -0.227. The van der Waals surface area contributed by atoms with Crippen LogP contribution in [0.15, 0.2) is 0 Å². The van der Waals surface area contributed by atoms with Crippen LogP contribution in [0.25, 0.3) is 0 Å². The van der Waals surface area contributed by atoms with Crippen molar-refractivity contribution < 1.29 is 19.1 Å². The third-order valence-corrected chi connectivity index (χ3v) is 10.4. The highest BCUT2D eigenvalue weighted by Crippen LogP contribution is 2.20. The first-order valence-corrected chi connectivity index (χ1v) is 21.8. The van der Waals surface area contributed by atoms with Gasteiger partial charge in [-0.15, -0.1) is 0 Å². The first-order chi connectivity index (χ1) is 24.5. The maximum absolute atomic E-state index is 13.3. The maximum Gasteiger partial charge on any atom is 0.242 e. The van der Waals surface area contributed by atoms with Crippen molar-refractivity contribution in [3.8, 4) is 0 Å². The van der Waals surface area contributed by atoms with Gasteiger partial charge >= 0.3 is 0 Å². The Bertz CT molecular complexity index is 770. The van der Waals surface area contributed by atoms with Gasteiger partial charge in [-0.3, -0.25) is 9.59 Å². The molecule has 1 aliphatic rings. The lowest BCUT2D eigenvalue weighted by atomic mass is 10.1. The van der Waals surface area contributed by atoms with E-state index in [-0.39, 0.29) is 17.9 Å². The number of carbonyl (C=O) groups excluding carboxylic acids is 2. The Morgan fingerprint density at radius 2 is 1.16 bits per heavy atom. The quantitative estimate of drug-likeness (QED) is 0.0554. The highest BCUT2D eigenvalue weighted by atomic mass is 16.5. The van der Waals surface area contributed by atoms with Gasteiger partial charge < -0.3 is 31.2 Å². The average molecular weight is 709 g/mol. The molecule has 3 atom stereocenters. The highest BCUT2D eigenvalue weighted by molar-refractivity contribution is 5.90. The van der Waals surface area contributed by atoms with E-state index in [1.165, 1.54) is 141 Å². The smallest absolute Gasteiger partial charge is 0.242 e. The second-order valence-corrected chi connectivity index (χ2v) is 15.2. The molecule has 1 saturated heterocycles. The van der Waals surface area contributed by atoms with Gasteiger partial charge in [0.15, 0.2) is 0 Å². The molecule has 0 spiro atoms. The summed E-state index contributed by atoms with van der Waals surface area (Å²) in [6.07, 6.45) is 35.3. The van der Waals surface area contributed by atoms with Crippen molar-refractivity contribution in [2.75, 3.05) is 39.5 Å². The molecule has 2 amide bonds. The monoisotopic (exact) mass is 709 g/mol. The van der Waals surface area contributed by atoms with Crippen molar-refractivity contribution in [3.63, 3.8) is 0 Å². The van der Waals surface area contributed by atoms with Crippen LogP contribution in [0.2, 0.25) is 0 Å². The predicted octanol–water partition coefficient (Wildman–Crippen LogP) is 9.35. The minimum absolute atomic E-state index is 0.107. The Labute approximate surface area is 309 Å². The maximum atomic E-state index is 13.3. The van der Waals surface area contributed by atoms with Crippen molar-refractivity contribution in [1.29, 1.82) is 0 Å². The standard InChI is InChI=1S/C42H84N4O4/c1-3-5-7-9-11-13-15-17-19-21-23-27-34-49-37-38(50-35-28-24-22-20-18-16-14-12-10-8-6-4-2)36-45-41(47)40-31-29-33-46(40)42(48)39(44)30-25-26-32-43/h38-40H,3-37,43-44H2,1-2H3,(H,45,47)/t38?,39-,40-/m0/s1. The number of carbonyl (C=O) groups is 2. The van der Waals surface area contributed by atoms with Gasteiger partial charge in [0.25, 0.3) is 0 Å². The van der Waals surface area contributed by atoms with E-state index >= 15 is 0 Å². The molecule has 0 bridgehead atoms. The van der Waals surface area contributed by atoms with E-state index in [9.17, 15) is 9.59 Å². The molecule has 0 aromatic heterocycles. The molecular weight excluding hydrogens is 624 g/mol. The molecule has 5 N–H and O–H groups in total. The molecule has 0 aromatic rings. The normalized spacial score (nSPS) is 15.8. The molecule has 0 aromatic carbocycles. The van der Waals surface area contributed by atoms with Crippen LogP contribution in [-0.2, 0) is 19.1 Å². The summed E-state index contributed by atoms with van der Waals surface area (Å²) >= 11 is 0. The molecule has 8 heteroatoms. The molecule has 1 aliphatic heterocycles. The Hall–Kier alpha value is -1.22. The first kappa shape index (κ1) is 46.8. The van der Waals surface area contributed by atoms with Crippen LogP contribution in [-0.4, -0.2) is 74.4 Å². The molecule has 8 nitrogen and oxygen atoms in total. The number of nitrogens with one attached hydrogen (secondary N) is 1. The molecule has 1 rings (SSSR count). The van der Waals surface area contributed by atoms with Crippen molar-refractivity contribution in [1.82, 2.24) is 10.2 Å². The van der Waals surface area contributed by atoms with E-state index < -0.39 is 12.1 Å². The molecule has 50 heavy (non-hydrogen) atoms. The fourth-order valence-corrected chi connectivity index (χ4v) is 7.10. The zero-order valence-corrected chi connectivity index (χ0v) is 33.2. The van der Waals surface area contributed by atoms with Gasteiger partial charge in [-0.25, -0.2) is 0 Å². The summed E-state index contributed by atoms with van der Waals surface area (Å²) in [6, 6.07) is -1.03. The van der Waals surface area contributed by atoms with Crippen molar-refractivity contribution in [2.45, 2.75) is 218 Å². The average Bonchev–Trinajstić information content (AvgIpc) is 3.62. The zero-order chi connectivity index (χ0) is 36.3. The predicted molar refractivity (Wildman–Crippen MR) is 211 cm³/mol. The summed E-state index contributed by atoms with van der Waals surface area (Å²) in [5, 5.41) is 3.10. The van der Waals surface area contributed by atoms with E-state index in [1.54, 1.807) is 4.90 Å². The number of hydrogen-bond acceptors (Lipinski definition) is 6. The second-order valence-electron chi connectivity index (χ2n) is 15.2. The number of amides is 2. The fourth-order valence-electron chi connectivity index (χ4n) is 7.10. The molecular formula is C42H84N4O4. The van der Waals surface area contributed by atoms with Gasteiger partial charge in [0.1, 0.15) is 6.04 Å². The number of ether oxygens (including phenoxy) is 2. The van der Waals surface area contributed by atoms with Gasteiger partial charge in [0.05, 0.1) is 18.8 Å². The lowest BCUT2D eigenvalue weighted by Gasteiger charge is -2.27. The van der Waals surface area contributed by atoms with Gasteiger partial charge in [-0.1, -0.05) is 162 Å². The van der Waals surface area contributed by atoms with Gasteiger partial charge in [-0.05, 0) is 45.1 Å². The summed E-state index contributed by atoms with van der Waals surface area (Å²) in [5.41, 5.74) is 11.8. The Balaban J connectivity index is 2.37. The Morgan fingerprint density at radius 1 is 0.680 bits per heavy atom. The number of rotatable bonds is 37. The lowest BCUT2D eigenvalue weighted by Crippen LogP contribution is -2.52. The van der Waals surface area contributed by atoms with Crippen molar-refractivity contribution >= 4 is 11.8 Å². The number of unbranched alkanes of at least 4 members (excludes halogenated alkanes) is 23. The minimum Gasteiger partial charge on any atom is -0.379 e. The Kier molecular flexibility index (Phi) is 32.6. The van der Waals surface area contributed by atoms with Crippen LogP contribution in [0.3, 0.4) is 0 Å². The van der Waals surface area contributed by atoms with Crippen LogP contribution in [0.5, 0.6) is 0 Å². The molecule has 1 heterocycles. The third kappa shape index (κ3) is 25.7. The van der Waals surface area contributed by atoms with Crippen LogP contribution < -0.4 is 16.8 Å². The van der Waals surface area contributed by atoms with E-state index in [0.29, 0.717) is 45.7 Å². The minimum atomic E-state index is -0.574. The van der Waals surface area contributed by atoms with Crippen LogP contribution in [0.1, 0.15) is 200 Å². The first-order valence-electron chi connectivity index (χ1n) is 21.8. The molecule has 0 saturated carbocycles. The summed E-state index contributed by atoms with van der Waals surface area (Å²) < 4.78 is 12.4. The van der Waals surface area contributed by atoms with Crippen LogP contribution in [0, 0.1) is 0 Å². The second kappa shape index (κ2) is 34.8. The number of nitrogens with zero attached hydrogens (tertiary/aromatic N) is 1. The SMILES string of the molecule is CCCCCCCCCCCCCCOCC(CNC(=O)[C@@H]1CCCN1C(=O)[C@@H](N)CCCCN)OCCCCCCCCCCCCCC. The number of likely N-dealkylation sites (tertiary alicyclic amines) is 1. The molecule has 1 unspecified atom stereocenters. The Morgan fingerprint density at radius 3 is 1.66 bits per heavy atom. The van der Waals surface area contributed by atoms with E-state index in [2.05, 4.69) is 19.2 Å². The molecule has 1 fully saturated rings. The summed E-state index contributed by atoms with van der Waals surface area (Å²) in [4.78, 5) is 28.0. The lowest BCUT2D eigenvalue weighted by molar-refractivity contribution is -0.139. The van der Waals surface area contributed by atoms with Crippen LogP contribution >= 0.6 is 0 Å². The topological polar surface area (TPSA) is 120 Å². The zero-order valence-electron chi connectivity index (χ0n) is 33.2. The summed E-state index contributed by atoms with van der Waals surface area (Å²) in [6.45, 7) is 8.04. The molecule has 0 aliphatic carbocycles. The van der Waals surface area contributed by atoms with Crippen LogP contribution in [0.4, 0.5) is 0 Å². The van der Waals surface area contributed by atoms with Crippen molar-refractivity contribution in [3.05, 3.63) is 0 Å². The van der Waals surface area contributed by atoms with E-state index in [1.807, 2.05) is 0 Å². The van der Waals surface area contributed by atoms with Gasteiger partial charge in [0.2, 0.25) is 11.8 Å². The largest absolute Gasteiger partial charge is 0.379 e. The number of nitrogens with two attached hydrogens (primary N) is 2. The fraction of sp³-hybridized carbons (Fsp3) is 0.952. The molecule has 296 valence electrons. The third-order valence-electron chi connectivity index (χ3n) is 10.4. The van der Waals surface area contributed by atoms with E-state index in [0.717, 1.165) is 38.7 Å². The van der Waals surface area contributed by atoms with E-state index in [4.69, 9.17) is 20.9 Å². The summed E-state index contributed by atoms with van der Waals surface area (Å²) in [7, 11) is 0. The highest BCUT2D eigenvalue weighted by Gasteiger charge is 2.36. The number of hydrogen-bond donors (Lipinski definition) is 3. The van der Waals surface area contributed by atoms with Gasteiger partial charge in [-0.2, -0.15) is 0 Å². The van der Waals surface area contributed by atoms with Gasteiger partial charge in [0, 0.05) is 26.3 Å².